The lowest BCUT2D eigenvalue weighted by Crippen LogP contribution is -2.36. The highest BCUT2D eigenvalue weighted by molar-refractivity contribution is 5.96. The molecule has 0 unspecified atom stereocenters. The number of nitrogens with zero attached hydrogens (tertiary/aromatic N) is 1. The fourth-order valence-electron chi connectivity index (χ4n) is 2.74. The SMILES string of the molecule is COc1ccc2c(c1)OCCN(C(=O)c1cc(NC(C)=O)c[nH]c1=O)C2. The molecule has 2 aromatic rings. The van der Waals surface area contributed by atoms with Crippen LogP contribution in [0.25, 0.3) is 0 Å². The summed E-state index contributed by atoms with van der Waals surface area (Å²) in [6, 6.07) is 6.77. The van der Waals surface area contributed by atoms with Crippen LogP contribution in [0.3, 0.4) is 0 Å². The van der Waals surface area contributed by atoms with E-state index < -0.39 is 11.5 Å². The number of ether oxygens (including phenoxy) is 2. The maximum Gasteiger partial charge on any atom is 0.260 e. The first kappa shape index (κ1) is 17.5. The van der Waals surface area contributed by atoms with Crippen LogP contribution in [0.2, 0.25) is 0 Å². The van der Waals surface area contributed by atoms with Gasteiger partial charge in [0, 0.05) is 31.3 Å². The average molecular weight is 357 g/mol. The number of benzene rings is 1. The van der Waals surface area contributed by atoms with E-state index in [-0.39, 0.29) is 11.5 Å². The largest absolute Gasteiger partial charge is 0.497 e. The third-order valence-corrected chi connectivity index (χ3v) is 4.00. The standard InChI is InChI=1S/C18H19N3O5/c1-11(22)20-13-7-15(17(23)19-9-13)18(24)21-5-6-26-16-8-14(25-2)4-3-12(16)10-21/h3-4,7-9H,5-6,10H2,1-2H3,(H,19,23)(H,20,22). The van der Waals surface area contributed by atoms with Gasteiger partial charge in [0.25, 0.3) is 11.5 Å². The Balaban J connectivity index is 1.87. The number of methoxy groups -OCH3 is 1. The van der Waals surface area contributed by atoms with Gasteiger partial charge in [0.15, 0.2) is 0 Å². The molecule has 0 saturated carbocycles. The van der Waals surface area contributed by atoms with E-state index in [1.54, 1.807) is 24.1 Å². The smallest absolute Gasteiger partial charge is 0.260 e. The Bertz CT molecular complexity index is 906. The number of carbonyl (C=O) groups excluding carboxylic acids is 2. The van der Waals surface area contributed by atoms with E-state index >= 15 is 0 Å². The fourth-order valence-corrected chi connectivity index (χ4v) is 2.74. The molecule has 1 aromatic carbocycles. The normalized spacial score (nSPS) is 13.2. The van der Waals surface area contributed by atoms with Gasteiger partial charge in [0.05, 0.1) is 19.3 Å². The fraction of sp³-hybridized carbons (Fsp3) is 0.278. The number of carbonyl (C=O) groups is 2. The van der Waals surface area contributed by atoms with Crippen LogP contribution in [0.1, 0.15) is 22.8 Å². The van der Waals surface area contributed by atoms with E-state index in [1.165, 1.54) is 19.2 Å². The van der Waals surface area contributed by atoms with Crippen molar-refractivity contribution in [2.24, 2.45) is 0 Å². The molecule has 2 N–H and O–H groups in total. The van der Waals surface area contributed by atoms with Crippen molar-refractivity contribution in [3.05, 3.63) is 51.9 Å². The van der Waals surface area contributed by atoms with Crippen molar-refractivity contribution < 1.29 is 19.1 Å². The quantitative estimate of drug-likeness (QED) is 0.864. The molecule has 3 rings (SSSR count). The second-order valence-corrected chi connectivity index (χ2v) is 5.86. The van der Waals surface area contributed by atoms with Gasteiger partial charge in [0.1, 0.15) is 23.7 Å². The number of fused-ring (bicyclic) bond motifs is 1. The first-order valence-electron chi connectivity index (χ1n) is 8.07. The molecule has 0 saturated heterocycles. The van der Waals surface area contributed by atoms with Gasteiger partial charge < -0.3 is 24.7 Å². The lowest BCUT2D eigenvalue weighted by Gasteiger charge is -2.19. The molecule has 1 aliphatic rings. The summed E-state index contributed by atoms with van der Waals surface area (Å²) in [4.78, 5) is 40.2. The molecule has 1 aliphatic heterocycles. The zero-order valence-corrected chi connectivity index (χ0v) is 14.5. The van der Waals surface area contributed by atoms with Gasteiger partial charge in [-0.1, -0.05) is 0 Å². The van der Waals surface area contributed by atoms with E-state index in [4.69, 9.17) is 9.47 Å². The van der Waals surface area contributed by atoms with Crippen LogP contribution in [0.4, 0.5) is 5.69 Å². The van der Waals surface area contributed by atoms with Gasteiger partial charge in [-0.3, -0.25) is 14.4 Å². The molecule has 8 nitrogen and oxygen atoms in total. The molecule has 1 aromatic heterocycles. The van der Waals surface area contributed by atoms with Crippen molar-refractivity contribution >= 4 is 17.5 Å². The van der Waals surface area contributed by atoms with Crippen molar-refractivity contribution in [2.75, 3.05) is 25.6 Å². The van der Waals surface area contributed by atoms with E-state index in [2.05, 4.69) is 10.3 Å². The molecule has 0 radical (unpaired) electrons. The predicted molar refractivity (Wildman–Crippen MR) is 94.6 cm³/mol. The Morgan fingerprint density at radius 2 is 2.12 bits per heavy atom. The topological polar surface area (TPSA) is 101 Å². The highest BCUT2D eigenvalue weighted by Crippen LogP contribution is 2.28. The second-order valence-electron chi connectivity index (χ2n) is 5.86. The molecule has 0 atom stereocenters. The molecule has 8 heteroatoms. The molecule has 2 amide bonds. The maximum absolute atomic E-state index is 12.9. The van der Waals surface area contributed by atoms with Gasteiger partial charge in [-0.15, -0.1) is 0 Å². The Morgan fingerprint density at radius 1 is 1.31 bits per heavy atom. The minimum atomic E-state index is -0.510. The molecule has 0 bridgehead atoms. The number of hydrogen-bond acceptors (Lipinski definition) is 5. The zero-order chi connectivity index (χ0) is 18.7. The van der Waals surface area contributed by atoms with Crippen molar-refractivity contribution in [3.8, 4) is 11.5 Å². The summed E-state index contributed by atoms with van der Waals surface area (Å²) in [5, 5.41) is 2.55. The highest BCUT2D eigenvalue weighted by atomic mass is 16.5. The molecule has 2 heterocycles. The van der Waals surface area contributed by atoms with Crippen LogP contribution in [0.15, 0.2) is 35.3 Å². The summed E-state index contributed by atoms with van der Waals surface area (Å²) in [6.45, 7) is 2.29. The van der Waals surface area contributed by atoms with Crippen molar-refractivity contribution in [3.63, 3.8) is 0 Å². The van der Waals surface area contributed by atoms with Gasteiger partial charge in [-0.05, 0) is 18.2 Å². The highest BCUT2D eigenvalue weighted by Gasteiger charge is 2.23. The monoisotopic (exact) mass is 357 g/mol. The molecular weight excluding hydrogens is 338 g/mol. The van der Waals surface area contributed by atoms with Crippen LogP contribution in [-0.4, -0.2) is 42.0 Å². The summed E-state index contributed by atoms with van der Waals surface area (Å²) in [5.41, 5.74) is 0.639. The van der Waals surface area contributed by atoms with Crippen molar-refractivity contribution in [1.29, 1.82) is 0 Å². The number of nitrogens with one attached hydrogen (secondary N) is 2. The van der Waals surface area contributed by atoms with Gasteiger partial charge in [-0.2, -0.15) is 0 Å². The number of pyridine rings is 1. The second kappa shape index (κ2) is 7.30. The van der Waals surface area contributed by atoms with Crippen LogP contribution >= 0.6 is 0 Å². The first-order chi connectivity index (χ1) is 12.5. The van der Waals surface area contributed by atoms with Crippen LogP contribution < -0.4 is 20.3 Å². The number of aromatic amines is 1. The number of rotatable bonds is 3. The lowest BCUT2D eigenvalue weighted by molar-refractivity contribution is -0.114. The predicted octanol–water partition coefficient (Wildman–Crippen LogP) is 1.38. The van der Waals surface area contributed by atoms with E-state index in [0.717, 1.165) is 5.56 Å². The number of amides is 2. The zero-order valence-electron chi connectivity index (χ0n) is 14.5. The Hall–Kier alpha value is -3.29. The summed E-state index contributed by atoms with van der Waals surface area (Å²) in [6.07, 6.45) is 1.35. The first-order valence-corrected chi connectivity index (χ1v) is 8.07. The van der Waals surface area contributed by atoms with Crippen LogP contribution in [-0.2, 0) is 11.3 Å². The van der Waals surface area contributed by atoms with E-state index in [1.807, 2.05) is 6.07 Å². The number of aromatic nitrogens is 1. The lowest BCUT2D eigenvalue weighted by atomic mass is 10.1. The summed E-state index contributed by atoms with van der Waals surface area (Å²) in [5.74, 6) is 0.607. The third-order valence-electron chi connectivity index (χ3n) is 4.00. The maximum atomic E-state index is 12.9. The minimum absolute atomic E-state index is 0.0341. The van der Waals surface area contributed by atoms with Crippen LogP contribution in [0, 0.1) is 0 Å². The Labute approximate surface area is 149 Å². The molecule has 0 spiro atoms. The Kier molecular flexibility index (Phi) is 4.92. The van der Waals surface area contributed by atoms with E-state index in [9.17, 15) is 14.4 Å². The van der Waals surface area contributed by atoms with Crippen LogP contribution in [0.5, 0.6) is 11.5 Å². The number of H-pyrrole nitrogens is 1. The molecular formula is C18H19N3O5. The number of anilines is 1. The molecule has 0 aliphatic carbocycles. The summed E-state index contributed by atoms with van der Waals surface area (Å²) in [7, 11) is 1.57. The number of hydrogen-bond donors (Lipinski definition) is 2. The minimum Gasteiger partial charge on any atom is -0.497 e. The van der Waals surface area contributed by atoms with Crippen molar-refractivity contribution in [1.82, 2.24) is 9.88 Å². The van der Waals surface area contributed by atoms with Gasteiger partial charge in [0.2, 0.25) is 5.91 Å². The van der Waals surface area contributed by atoms with E-state index in [0.29, 0.717) is 36.9 Å². The van der Waals surface area contributed by atoms with Gasteiger partial charge >= 0.3 is 0 Å². The molecule has 136 valence electrons. The Morgan fingerprint density at radius 3 is 2.85 bits per heavy atom. The van der Waals surface area contributed by atoms with Gasteiger partial charge in [-0.25, -0.2) is 0 Å². The molecule has 26 heavy (non-hydrogen) atoms. The third kappa shape index (κ3) is 3.69. The average Bonchev–Trinajstić information content (AvgIpc) is 2.84. The van der Waals surface area contributed by atoms with Crippen molar-refractivity contribution in [2.45, 2.75) is 13.5 Å². The summed E-state index contributed by atoms with van der Waals surface area (Å²) >= 11 is 0. The summed E-state index contributed by atoms with van der Waals surface area (Å²) < 4.78 is 10.9. The molecule has 0 fully saturated rings.